The standard InChI is InChI=1S/C13H21N3.ClH/c1-9(2)16(4)12-6-5-11-8-14-7-10(3)13(11)15-12;/h5-6,9-10,14H,7-8H2,1-4H3;1H. The summed E-state index contributed by atoms with van der Waals surface area (Å²) >= 11 is 0. The quantitative estimate of drug-likeness (QED) is 0.881. The molecule has 17 heavy (non-hydrogen) atoms. The number of hydrogen-bond acceptors (Lipinski definition) is 3. The molecule has 1 aromatic heterocycles. The Kier molecular flexibility index (Phi) is 4.78. The van der Waals surface area contributed by atoms with Crippen molar-refractivity contribution < 1.29 is 0 Å². The van der Waals surface area contributed by atoms with Gasteiger partial charge in [-0.05, 0) is 25.5 Å². The second kappa shape index (κ2) is 5.69. The summed E-state index contributed by atoms with van der Waals surface area (Å²) in [5, 5.41) is 3.41. The van der Waals surface area contributed by atoms with Crippen LogP contribution in [-0.4, -0.2) is 24.6 Å². The van der Waals surface area contributed by atoms with Gasteiger partial charge in [0.05, 0.1) is 5.69 Å². The SMILES string of the molecule is CC1CNCc2ccc(N(C)C(C)C)nc21.Cl. The molecular formula is C13H22ClN3. The van der Waals surface area contributed by atoms with Gasteiger partial charge in [-0.25, -0.2) is 4.98 Å². The number of hydrogen-bond donors (Lipinski definition) is 1. The fourth-order valence-corrected chi connectivity index (χ4v) is 2.05. The zero-order valence-corrected chi connectivity index (χ0v) is 11.8. The van der Waals surface area contributed by atoms with Crippen LogP contribution in [0.4, 0.5) is 5.82 Å². The van der Waals surface area contributed by atoms with E-state index in [9.17, 15) is 0 Å². The fourth-order valence-electron chi connectivity index (χ4n) is 2.05. The second-order valence-corrected chi connectivity index (χ2v) is 4.95. The lowest BCUT2D eigenvalue weighted by molar-refractivity contribution is 0.555. The van der Waals surface area contributed by atoms with Gasteiger partial charge in [0.25, 0.3) is 0 Å². The molecule has 2 heterocycles. The first kappa shape index (κ1) is 14.3. The van der Waals surface area contributed by atoms with Crippen LogP contribution in [0.5, 0.6) is 0 Å². The fraction of sp³-hybridized carbons (Fsp3) is 0.615. The maximum Gasteiger partial charge on any atom is 0.128 e. The molecule has 4 heteroatoms. The molecule has 1 aromatic rings. The zero-order chi connectivity index (χ0) is 11.7. The third-order valence-electron chi connectivity index (χ3n) is 3.37. The highest BCUT2D eigenvalue weighted by Crippen LogP contribution is 2.24. The molecule has 0 saturated heterocycles. The summed E-state index contributed by atoms with van der Waals surface area (Å²) in [7, 11) is 2.10. The molecule has 0 spiro atoms. The molecule has 0 saturated carbocycles. The van der Waals surface area contributed by atoms with E-state index in [-0.39, 0.29) is 12.4 Å². The largest absolute Gasteiger partial charge is 0.357 e. The normalized spacial score (nSPS) is 18.5. The summed E-state index contributed by atoms with van der Waals surface area (Å²) in [6.45, 7) is 8.60. The summed E-state index contributed by atoms with van der Waals surface area (Å²) < 4.78 is 0. The highest BCUT2D eigenvalue weighted by atomic mass is 35.5. The Bertz CT molecular complexity index is 379. The highest BCUT2D eigenvalue weighted by Gasteiger charge is 2.18. The summed E-state index contributed by atoms with van der Waals surface area (Å²) in [5.74, 6) is 1.60. The Morgan fingerprint density at radius 3 is 2.76 bits per heavy atom. The molecule has 0 fully saturated rings. The Balaban J connectivity index is 0.00000144. The van der Waals surface area contributed by atoms with Crippen LogP contribution in [0.25, 0.3) is 0 Å². The highest BCUT2D eigenvalue weighted by molar-refractivity contribution is 5.85. The summed E-state index contributed by atoms with van der Waals surface area (Å²) in [5.41, 5.74) is 2.61. The molecule has 1 atom stereocenters. The number of anilines is 1. The van der Waals surface area contributed by atoms with Gasteiger partial charge in [0, 0.05) is 32.1 Å². The number of fused-ring (bicyclic) bond motifs is 1. The molecule has 0 amide bonds. The average Bonchev–Trinajstić information content (AvgIpc) is 2.28. The van der Waals surface area contributed by atoms with Crippen LogP contribution >= 0.6 is 12.4 Å². The van der Waals surface area contributed by atoms with Crippen molar-refractivity contribution in [2.45, 2.75) is 39.3 Å². The van der Waals surface area contributed by atoms with E-state index < -0.39 is 0 Å². The molecule has 1 aliphatic heterocycles. The van der Waals surface area contributed by atoms with E-state index in [2.05, 4.69) is 50.2 Å². The van der Waals surface area contributed by atoms with Gasteiger partial charge >= 0.3 is 0 Å². The third kappa shape index (κ3) is 2.90. The van der Waals surface area contributed by atoms with Gasteiger partial charge in [0.1, 0.15) is 5.82 Å². The third-order valence-corrected chi connectivity index (χ3v) is 3.37. The van der Waals surface area contributed by atoms with Crippen LogP contribution in [0.15, 0.2) is 12.1 Å². The number of nitrogens with zero attached hydrogens (tertiary/aromatic N) is 2. The first-order chi connectivity index (χ1) is 7.59. The molecule has 0 radical (unpaired) electrons. The average molecular weight is 256 g/mol. The van der Waals surface area contributed by atoms with Crippen molar-refractivity contribution in [1.82, 2.24) is 10.3 Å². The number of nitrogens with one attached hydrogen (secondary N) is 1. The van der Waals surface area contributed by atoms with Crippen molar-refractivity contribution in [2.75, 3.05) is 18.5 Å². The molecule has 0 aromatic carbocycles. The van der Waals surface area contributed by atoms with E-state index in [4.69, 9.17) is 4.98 Å². The van der Waals surface area contributed by atoms with Crippen LogP contribution in [0, 0.1) is 0 Å². The number of aromatic nitrogens is 1. The zero-order valence-electron chi connectivity index (χ0n) is 11.0. The lowest BCUT2D eigenvalue weighted by atomic mass is 9.98. The van der Waals surface area contributed by atoms with Crippen LogP contribution in [0.3, 0.4) is 0 Å². The molecule has 1 aliphatic rings. The molecule has 3 nitrogen and oxygen atoms in total. The predicted octanol–water partition coefficient (Wildman–Crippen LogP) is 2.55. The molecular weight excluding hydrogens is 234 g/mol. The van der Waals surface area contributed by atoms with Crippen molar-refractivity contribution in [3.05, 3.63) is 23.4 Å². The summed E-state index contributed by atoms with van der Waals surface area (Å²) in [6.07, 6.45) is 0. The van der Waals surface area contributed by atoms with E-state index in [0.717, 1.165) is 18.9 Å². The van der Waals surface area contributed by atoms with Gasteiger partial charge in [-0.15, -0.1) is 12.4 Å². The Labute approximate surface area is 110 Å². The molecule has 0 aliphatic carbocycles. The minimum absolute atomic E-state index is 0. The number of pyridine rings is 1. The molecule has 0 bridgehead atoms. The minimum Gasteiger partial charge on any atom is -0.357 e. The lowest BCUT2D eigenvalue weighted by Crippen LogP contribution is -2.30. The van der Waals surface area contributed by atoms with E-state index in [1.165, 1.54) is 11.3 Å². The monoisotopic (exact) mass is 255 g/mol. The predicted molar refractivity (Wildman–Crippen MR) is 75.1 cm³/mol. The van der Waals surface area contributed by atoms with Crippen molar-refractivity contribution in [3.63, 3.8) is 0 Å². The lowest BCUT2D eigenvalue weighted by Gasteiger charge is -2.27. The van der Waals surface area contributed by atoms with E-state index >= 15 is 0 Å². The Morgan fingerprint density at radius 2 is 2.12 bits per heavy atom. The van der Waals surface area contributed by atoms with Gasteiger partial charge < -0.3 is 10.2 Å². The van der Waals surface area contributed by atoms with Gasteiger partial charge in [0.15, 0.2) is 0 Å². The van der Waals surface area contributed by atoms with Crippen LogP contribution < -0.4 is 10.2 Å². The van der Waals surface area contributed by atoms with Crippen molar-refractivity contribution >= 4 is 18.2 Å². The van der Waals surface area contributed by atoms with Gasteiger partial charge in [-0.2, -0.15) is 0 Å². The topological polar surface area (TPSA) is 28.2 Å². The smallest absolute Gasteiger partial charge is 0.128 e. The van der Waals surface area contributed by atoms with Crippen molar-refractivity contribution in [2.24, 2.45) is 0 Å². The van der Waals surface area contributed by atoms with E-state index in [1.54, 1.807) is 0 Å². The number of rotatable bonds is 2. The van der Waals surface area contributed by atoms with E-state index in [1.807, 2.05) is 0 Å². The second-order valence-electron chi connectivity index (χ2n) is 4.95. The first-order valence-electron chi connectivity index (χ1n) is 6.03. The maximum absolute atomic E-state index is 4.80. The summed E-state index contributed by atoms with van der Waals surface area (Å²) in [6, 6.07) is 4.82. The van der Waals surface area contributed by atoms with Crippen LogP contribution in [0.1, 0.15) is 37.9 Å². The Morgan fingerprint density at radius 1 is 1.41 bits per heavy atom. The summed E-state index contributed by atoms with van der Waals surface area (Å²) in [4.78, 5) is 7.02. The van der Waals surface area contributed by atoms with Gasteiger partial charge in [-0.3, -0.25) is 0 Å². The van der Waals surface area contributed by atoms with Crippen LogP contribution in [0.2, 0.25) is 0 Å². The van der Waals surface area contributed by atoms with Crippen molar-refractivity contribution in [3.8, 4) is 0 Å². The van der Waals surface area contributed by atoms with Gasteiger partial charge in [-0.1, -0.05) is 13.0 Å². The van der Waals surface area contributed by atoms with Crippen molar-refractivity contribution in [1.29, 1.82) is 0 Å². The maximum atomic E-state index is 4.80. The molecule has 1 N–H and O–H groups in total. The minimum atomic E-state index is 0. The first-order valence-corrected chi connectivity index (χ1v) is 6.03. The Hall–Kier alpha value is -0.800. The van der Waals surface area contributed by atoms with Crippen LogP contribution in [-0.2, 0) is 6.54 Å². The molecule has 1 unspecified atom stereocenters. The number of halogens is 1. The van der Waals surface area contributed by atoms with Gasteiger partial charge in [0.2, 0.25) is 0 Å². The van der Waals surface area contributed by atoms with E-state index in [0.29, 0.717) is 12.0 Å². The molecule has 96 valence electrons. The molecule has 2 rings (SSSR count).